The van der Waals surface area contributed by atoms with E-state index in [-0.39, 0.29) is 5.54 Å². The normalized spacial score (nSPS) is 19.0. The molecule has 1 heterocycles. The van der Waals surface area contributed by atoms with E-state index >= 15 is 0 Å². The van der Waals surface area contributed by atoms with Gasteiger partial charge in [0.15, 0.2) is 0 Å². The summed E-state index contributed by atoms with van der Waals surface area (Å²) in [4.78, 5) is 0. The van der Waals surface area contributed by atoms with Crippen LogP contribution in [-0.4, -0.2) is 25.4 Å². The summed E-state index contributed by atoms with van der Waals surface area (Å²) in [6.07, 6.45) is 1.10. The predicted molar refractivity (Wildman–Crippen MR) is 89.9 cm³/mol. The first-order valence-corrected chi connectivity index (χ1v) is 8.39. The molecule has 1 fully saturated rings. The lowest BCUT2D eigenvalue weighted by atomic mass is 10.1. The third-order valence-electron chi connectivity index (χ3n) is 3.61. The molecular formula is C17H26BrNO2. The molecule has 0 saturated carbocycles. The van der Waals surface area contributed by atoms with Gasteiger partial charge >= 0.3 is 0 Å². The van der Waals surface area contributed by atoms with Gasteiger partial charge in [-0.1, -0.05) is 15.9 Å². The van der Waals surface area contributed by atoms with E-state index < -0.39 is 0 Å². The molecule has 3 nitrogen and oxygen atoms in total. The van der Waals surface area contributed by atoms with E-state index in [1.165, 1.54) is 11.1 Å². The van der Waals surface area contributed by atoms with E-state index in [1.807, 2.05) is 0 Å². The fraction of sp³-hybridized carbons (Fsp3) is 0.647. The molecule has 2 rings (SSSR count). The molecule has 118 valence electrons. The average molecular weight is 356 g/mol. The van der Waals surface area contributed by atoms with Gasteiger partial charge in [0.1, 0.15) is 5.75 Å². The molecule has 1 atom stereocenters. The second-order valence-electron chi connectivity index (χ2n) is 6.86. The van der Waals surface area contributed by atoms with Crippen LogP contribution in [0.3, 0.4) is 0 Å². The molecule has 21 heavy (non-hydrogen) atoms. The van der Waals surface area contributed by atoms with Crippen LogP contribution in [0, 0.1) is 12.8 Å². The Morgan fingerprint density at radius 2 is 2.14 bits per heavy atom. The molecule has 1 aromatic carbocycles. The monoisotopic (exact) mass is 355 g/mol. The van der Waals surface area contributed by atoms with Gasteiger partial charge in [-0.2, -0.15) is 0 Å². The second kappa shape index (κ2) is 7.12. The van der Waals surface area contributed by atoms with Crippen molar-refractivity contribution in [2.24, 2.45) is 5.92 Å². The van der Waals surface area contributed by atoms with Gasteiger partial charge in [0.25, 0.3) is 0 Å². The molecule has 1 aliphatic heterocycles. The Bertz CT molecular complexity index is 476. The summed E-state index contributed by atoms with van der Waals surface area (Å²) in [6.45, 7) is 11.9. The highest BCUT2D eigenvalue weighted by molar-refractivity contribution is 9.10. The van der Waals surface area contributed by atoms with Gasteiger partial charge in [0, 0.05) is 34.6 Å². The van der Waals surface area contributed by atoms with Gasteiger partial charge in [-0.3, -0.25) is 0 Å². The molecule has 1 aromatic rings. The van der Waals surface area contributed by atoms with Gasteiger partial charge in [-0.25, -0.2) is 0 Å². The van der Waals surface area contributed by atoms with E-state index in [9.17, 15) is 0 Å². The Labute approximate surface area is 136 Å². The van der Waals surface area contributed by atoms with Gasteiger partial charge in [0.2, 0.25) is 0 Å². The fourth-order valence-corrected chi connectivity index (χ4v) is 3.03. The average Bonchev–Trinajstić information content (AvgIpc) is 2.87. The topological polar surface area (TPSA) is 30.5 Å². The van der Waals surface area contributed by atoms with Crippen molar-refractivity contribution in [3.8, 4) is 5.75 Å². The van der Waals surface area contributed by atoms with Crippen molar-refractivity contribution in [1.29, 1.82) is 0 Å². The van der Waals surface area contributed by atoms with Crippen LogP contribution in [0.1, 0.15) is 38.3 Å². The third-order valence-corrected chi connectivity index (χ3v) is 4.07. The van der Waals surface area contributed by atoms with Crippen LogP contribution in [0.2, 0.25) is 0 Å². The Hall–Kier alpha value is -0.580. The number of aryl methyl sites for hydroxylation is 1. The standard InChI is InChI=1S/C17H26BrNO2/c1-12-7-15(18)8-14(9-19-17(2,3)4)16(12)21-11-13-5-6-20-10-13/h7-8,13,19H,5-6,9-11H2,1-4H3. The summed E-state index contributed by atoms with van der Waals surface area (Å²) in [5, 5.41) is 3.54. The number of nitrogens with one attached hydrogen (secondary N) is 1. The molecule has 0 aromatic heterocycles. The van der Waals surface area contributed by atoms with Gasteiger partial charge in [-0.15, -0.1) is 0 Å². The molecule has 1 saturated heterocycles. The maximum atomic E-state index is 6.13. The zero-order valence-electron chi connectivity index (χ0n) is 13.5. The first kappa shape index (κ1) is 16.8. The summed E-state index contributed by atoms with van der Waals surface area (Å²) in [5.74, 6) is 1.54. The second-order valence-corrected chi connectivity index (χ2v) is 7.77. The quantitative estimate of drug-likeness (QED) is 0.863. The van der Waals surface area contributed by atoms with E-state index in [2.05, 4.69) is 61.1 Å². The van der Waals surface area contributed by atoms with Crippen molar-refractivity contribution in [2.75, 3.05) is 19.8 Å². The number of rotatable bonds is 5. The third kappa shape index (κ3) is 5.28. The predicted octanol–water partition coefficient (Wildman–Crippen LogP) is 4.06. The van der Waals surface area contributed by atoms with E-state index in [1.54, 1.807) is 0 Å². The van der Waals surface area contributed by atoms with Crippen molar-refractivity contribution in [1.82, 2.24) is 5.32 Å². The lowest BCUT2D eigenvalue weighted by molar-refractivity contribution is 0.166. The van der Waals surface area contributed by atoms with Crippen LogP contribution in [0.25, 0.3) is 0 Å². The Kier molecular flexibility index (Phi) is 5.69. The van der Waals surface area contributed by atoms with Gasteiger partial charge in [-0.05, 0) is 51.8 Å². The van der Waals surface area contributed by atoms with Crippen LogP contribution >= 0.6 is 15.9 Å². The highest BCUT2D eigenvalue weighted by Crippen LogP contribution is 2.29. The lowest BCUT2D eigenvalue weighted by Gasteiger charge is -2.23. The number of hydrogen-bond acceptors (Lipinski definition) is 3. The number of hydrogen-bond donors (Lipinski definition) is 1. The van der Waals surface area contributed by atoms with Crippen molar-refractivity contribution in [2.45, 2.75) is 46.2 Å². The van der Waals surface area contributed by atoms with Crippen molar-refractivity contribution in [3.63, 3.8) is 0 Å². The molecule has 0 radical (unpaired) electrons. The van der Waals surface area contributed by atoms with Crippen LogP contribution < -0.4 is 10.1 Å². The largest absolute Gasteiger partial charge is 0.493 e. The Balaban J connectivity index is 2.09. The maximum Gasteiger partial charge on any atom is 0.126 e. The first-order chi connectivity index (χ1) is 9.85. The number of ether oxygens (including phenoxy) is 2. The summed E-state index contributed by atoms with van der Waals surface area (Å²) in [7, 11) is 0. The molecule has 4 heteroatoms. The molecule has 0 aliphatic carbocycles. The first-order valence-electron chi connectivity index (χ1n) is 7.60. The SMILES string of the molecule is Cc1cc(Br)cc(CNC(C)(C)C)c1OCC1CCOC1. The van der Waals surface area contributed by atoms with Gasteiger partial charge < -0.3 is 14.8 Å². The highest BCUT2D eigenvalue weighted by atomic mass is 79.9. The van der Waals surface area contributed by atoms with Crippen LogP contribution in [0.5, 0.6) is 5.75 Å². The highest BCUT2D eigenvalue weighted by Gasteiger charge is 2.18. The molecule has 0 amide bonds. The molecular weight excluding hydrogens is 330 g/mol. The fourth-order valence-electron chi connectivity index (χ4n) is 2.41. The molecule has 0 bridgehead atoms. The smallest absolute Gasteiger partial charge is 0.126 e. The van der Waals surface area contributed by atoms with E-state index in [0.717, 1.165) is 43.0 Å². The zero-order valence-corrected chi connectivity index (χ0v) is 15.0. The van der Waals surface area contributed by atoms with Crippen molar-refractivity contribution >= 4 is 15.9 Å². The molecule has 1 unspecified atom stereocenters. The Morgan fingerprint density at radius 1 is 1.38 bits per heavy atom. The van der Waals surface area contributed by atoms with Gasteiger partial charge in [0.05, 0.1) is 13.2 Å². The number of halogens is 1. The maximum absolute atomic E-state index is 6.13. The minimum Gasteiger partial charge on any atom is -0.493 e. The van der Waals surface area contributed by atoms with E-state index in [4.69, 9.17) is 9.47 Å². The van der Waals surface area contributed by atoms with Crippen molar-refractivity contribution < 1.29 is 9.47 Å². The molecule has 1 N–H and O–H groups in total. The number of benzene rings is 1. The minimum absolute atomic E-state index is 0.0901. The summed E-state index contributed by atoms with van der Waals surface area (Å²) in [5.41, 5.74) is 2.47. The minimum atomic E-state index is 0.0901. The van der Waals surface area contributed by atoms with E-state index in [0.29, 0.717) is 5.92 Å². The van der Waals surface area contributed by atoms with Crippen LogP contribution in [0.15, 0.2) is 16.6 Å². The van der Waals surface area contributed by atoms with Crippen molar-refractivity contribution in [3.05, 3.63) is 27.7 Å². The Morgan fingerprint density at radius 3 is 2.76 bits per heavy atom. The molecule has 1 aliphatic rings. The van der Waals surface area contributed by atoms with Crippen LogP contribution in [0.4, 0.5) is 0 Å². The summed E-state index contributed by atoms with van der Waals surface area (Å²) in [6, 6.07) is 4.26. The summed E-state index contributed by atoms with van der Waals surface area (Å²) < 4.78 is 12.6. The summed E-state index contributed by atoms with van der Waals surface area (Å²) >= 11 is 3.58. The van der Waals surface area contributed by atoms with Crippen LogP contribution in [-0.2, 0) is 11.3 Å². The molecule has 0 spiro atoms. The lowest BCUT2D eigenvalue weighted by Crippen LogP contribution is -2.35. The zero-order chi connectivity index (χ0) is 15.5.